The molecule has 0 unspecified atom stereocenters. The highest BCUT2D eigenvalue weighted by atomic mass is 14.9. The molecule has 1 aromatic carbocycles. The molecule has 0 bridgehead atoms. The van der Waals surface area contributed by atoms with E-state index in [1.165, 1.54) is 30.4 Å². The van der Waals surface area contributed by atoms with Crippen molar-refractivity contribution in [2.24, 2.45) is 0 Å². The first-order valence-electron chi connectivity index (χ1n) is 5.55. The van der Waals surface area contributed by atoms with Gasteiger partial charge in [0.1, 0.15) is 0 Å². The van der Waals surface area contributed by atoms with Crippen molar-refractivity contribution in [2.45, 2.75) is 38.1 Å². The predicted octanol–water partition coefficient (Wildman–Crippen LogP) is 2.85. The van der Waals surface area contributed by atoms with E-state index in [2.05, 4.69) is 43.6 Å². The van der Waals surface area contributed by atoms with Crippen molar-refractivity contribution in [2.75, 3.05) is 7.05 Å². The summed E-state index contributed by atoms with van der Waals surface area (Å²) >= 11 is 0. The molecule has 0 saturated heterocycles. The molecule has 76 valence electrons. The molecule has 2 atom stereocenters. The monoisotopic (exact) mass is 189 g/mol. The molecule has 1 heteroatoms. The van der Waals surface area contributed by atoms with Gasteiger partial charge in [0.15, 0.2) is 0 Å². The van der Waals surface area contributed by atoms with E-state index in [1.54, 1.807) is 0 Å². The molecule has 0 radical (unpaired) electrons. The second kappa shape index (κ2) is 4.14. The van der Waals surface area contributed by atoms with E-state index < -0.39 is 0 Å². The lowest BCUT2D eigenvalue weighted by Gasteiger charge is -2.19. The summed E-state index contributed by atoms with van der Waals surface area (Å²) in [6, 6.07) is 9.71. The SMILES string of the molecule is CN[C@@H]1CCC[C@@H]1c1ccc(C)cc1. The van der Waals surface area contributed by atoms with Crippen molar-refractivity contribution in [1.29, 1.82) is 0 Å². The van der Waals surface area contributed by atoms with Crippen LogP contribution < -0.4 is 5.32 Å². The summed E-state index contributed by atoms with van der Waals surface area (Å²) in [5.74, 6) is 0.737. The molecule has 0 amide bonds. The fourth-order valence-corrected chi connectivity index (χ4v) is 2.52. The fraction of sp³-hybridized carbons (Fsp3) is 0.538. The first kappa shape index (κ1) is 9.72. The Labute approximate surface area is 86.5 Å². The Kier molecular flexibility index (Phi) is 2.87. The summed E-state index contributed by atoms with van der Waals surface area (Å²) in [6.45, 7) is 2.15. The minimum atomic E-state index is 0.692. The van der Waals surface area contributed by atoms with Gasteiger partial charge in [-0.2, -0.15) is 0 Å². The number of hydrogen-bond acceptors (Lipinski definition) is 1. The summed E-state index contributed by atoms with van der Waals surface area (Å²) in [5.41, 5.74) is 2.86. The maximum Gasteiger partial charge on any atom is 0.0133 e. The largest absolute Gasteiger partial charge is 0.316 e. The van der Waals surface area contributed by atoms with Gasteiger partial charge in [0.2, 0.25) is 0 Å². The Hall–Kier alpha value is -0.820. The molecular weight excluding hydrogens is 170 g/mol. The van der Waals surface area contributed by atoms with E-state index in [-0.39, 0.29) is 0 Å². The first-order chi connectivity index (χ1) is 6.81. The van der Waals surface area contributed by atoms with E-state index in [1.807, 2.05) is 0 Å². The normalized spacial score (nSPS) is 26.7. The van der Waals surface area contributed by atoms with Gasteiger partial charge in [-0.25, -0.2) is 0 Å². The Balaban J connectivity index is 2.17. The number of nitrogens with one attached hydrogen (secondary N) is 1. The lowest BCUT2D eigenvalue weighted by atomic mass is 9.93. The fourth-order valence-electron chi connectivity index (χ4n) is 2.52. The second-order valence-corrected chi connectivity index (χ2v) is 4.34. The summed E-state index contributed by atoms with van der Waals surface area (Å²) in [7, 11) is 2.08. The van der Waals surface area contributed by atoms with Crippen LogP contribution in [0.3, 0.4) is 0 Å². The number of benzene rings is 1. The highest BCUT2D eigenvalue weighted by Gasteiger charge is 2.26. The lowest BCUT2D eigenvalue weighted by Crippen LogP contribution is -2.27. The van der Waals surface area contributed by atoms with E-state index in [4.69, 9.17) is 0 Å². The topological polar surface area (TPSA) is 12.0 Å². The van der Waals surface area contributed by atoms with Gasteiger partial charge in [-0.15, -0.1) is 0 Å². The van der Waals surface area contributed by atoms with Crippen molar-refractivity contribution >= 4 is 0 Å². The van der Waals surface area contributed by atoms with Gasteiger partial charge in [0.05, 0.1) is 0 Å². The van der Waals surface area contributed by atoms with Gasteiger partial charge in [0.25, 0.3) is 0 Å². The highest BCUT2D eigenvalue weighted by molar-refractivity contribution is 5.26. The molecule has 14 heavy (non-hydrogen) atoms. The number of likely N-dealkylation sites (N-methyl/N-ethyl adjacent to an activating group) is 1. The molecule has 2 rings (SSSR count). The van der Waals surface area contributed by atoms with E-state index in [0.29, 0.717) is 6.04 Å². The smallest absolute Gasteiger partial charge is 0.0133 e. The molecule has 1 aromatic rings. The average Bonchev–Trinajstić information content (AvgIpc) is 2.67. The molecular formula is C13H19N. The van der Waals surface area contributed by atoms with Crippen molar-refractivity contribution in [3.05, 3.63) is 35.4 Å². The van der Waals surface area contributed by atoms with Crippen LogP contribution in [0.25, 0.3) is 0 Å². The van der Waals surface area contributed by atoms with Crippen LogP contribution in [0, 0.1) is 6.92 Å². The quantitative estimate of drug-likeness (QED) is 0.754. The Bertz CT molecular complexity index is 289. The van der Waals surface area contributed by atoms with Crippen molar-refractivity contribution in [1.82, 2.24) is 5.32 Å². The van der Waals surface area contributed by atoms with Gasteiger partial charge in [-0.1, -0.05) is 36.2 Å². The third kappa shape index (κ3) is 1.83. The zero-order valence-corrected chi connectivity index (χ0v) is 9.09. The summed E-state index contributed by atoms with van der Waals surface area (Å²) in [6.07, 6.45) is 4.04. The number of rotatable bonds is 2. The Morgan fingerprint density at radius 2 is 1.86 bits per heavy atom. The molecule has 0 aliphatic heterocycles. The van der Waals surface area contributed by atoms with Gasteiger partial charge >= 0.3 is 0 Å². The maximum absolute atomic E-state index is 3.43. The van der Waals surface area contributed by atoms with Crippen LogP contribution in [0.4, 0.5) is 0 Å². The molecule has 1 fully saturated rings. The van der Waals surface area contributed by atoms with E-state index in [9.17, 15) is 0 Å². The lowest BCUT2D eigenvalue weighted by molar-refractivity contribution is 0.522. The summed E-state index contributed by atoms with van der Waals surface area (Å²) in [4.78, 5) is 0. The molecule has 0 aromatic heterocycles. The van der Waals surface area contributed by atoms with Crippen LogP contribution in [0.15, 0.2) is 24.3 Å². The van der Waals surface area contributed by atoms with Crippen LogP contribution >= 0.6 is 0 Å². The van der Waals surface area contributed by atoms with E-state index >= 15 is 0 Å². The highest BCUT2D eigenvalue weighted by Crippen LogP contribution is 2.34. The third-order valence-corrected chi connectivity index (χ3v) is 3.39. The Morgan fingerprint density at radius 3 is 2.50 bits per heavy atom. The van der Waals surface area contributed by atoms with Crippen molar-refractivity contribution in [3.8, 4) is 0 Å². The average molecular weight is 189 g/mol. The molecule has 0 heterocycles. The predicted molar refractivity (Wildman–Crippen MR) is 60.6 cm³/mol. The first-order valence-corrected chi connectivity index (χ1v) is 5.55. The Morgan fingerprint density at radius 1 is 1.14 bits per heavy atom. The number of aryl methyl sites for hydroxylation is 1. The van der Waals surface area contributed by atoms with Crippen molar-refractivity contribution < 1.29 is 0 Å². The molecule has 0 spiro atoms. The molecule has 1 aliphatic carbocycles. The van der Waals surface area contributed by atoms with Crippen LogP contribution in [0.5, 0.6) is 0 Å². The van der Waals surface area contributed by atoms with Crippen LogP contribution in [-0.4, -0.2) is 13.1 Å². The third-order valence-electron chi connectivity index (χ3n) is 3.39. The minimum Gasteiger partial charge on any atom is -0.316 e. The van der Waals surface area contributed by atoms with Crippen LogP contribution in [0.2, 0.25) is 0 Å². The summed E-state index contributed by atoms with van der Waals surface area (Å²) in [5, 5.41) is 3.43. The minimum absolute atomic E-state index is 0.692. The van der Waals surface area contributed by atoms with Gasteiger partial charge in [-0.05, 0) is 38.3 Å². The van der Waals surface area contributed by atoms with E-state index in [0.717, 1.165) is 5.92 Å². The maximum atomic E-state index is 3.43. The van der Waals surface area contributed by atoms with Gasteiger partial charge in [0, 0.05) is 6.04 Å². The van der Waals surface area contributed by atoms with Crippen LogP contribution in [-0.2, 0) is 0 Å². The number of hydrogen-bond donors (Lipinski definition) is 1. The standard InChI is InChI=1S/C13H19N/c1-10-6-8-11(9-7-10)12-4-3-5-13(12)14-2/h6-9,12-14H,3-5H2,1-2H3/t12-,13-/m1/s1. The molecule has 1 nitrogen and oxygen atoms in total. The van der Waals surface area contributed by atoms with Crippen LogP contribution in [0.1, 0.15) is 36.3 Å². The summed E-state index contributed by atoms with van der Waals surface area (Å²) < 4.78 is 0. The second-order valence-electron chi connectivity index (χ2n) is 4.34. The molecule has 1 N–H and O–H groups in total. The van der Waals surface area contributed by atoms with Crippen molar-refractivity contribution in [3.63, 3.8) is 0 Å². The zero-order chi connectivity index (χ0) is 9.97. The molecule has 1 aliphatic rings. The zero-order valence-electron chi connectivity index (χ0n) is 9.09. The van der Waals surface area contributed by atoms with Gasteiger partial charge < -0.3 is 5.32 Å². The van der Waals surface area contributed by atoms with Gasteiger partial charge in [-0.3, -0.25) is 0 Å². The molecule has 1 saturated carbocycles.